The molecule has 346 valence electrons. The largest absolute Gasteiger partial charge is 0.458 e. The highest BCUT2D eigenvalue weighted by Gasteiger charge is 2.63. The first-order chi connectivity index (χ1) is 29.1. The number of ether oxygens (including phenoxy) is 9. The van der Waals surface area contributed by atoms with Crippen LogP contribution in [0, 0.1) is 11.8 Å². The lowest BCUT2D eigenvalue weighted by atomic mass is 9.83. The number of hydrogen-bond donors (Lipinski definition) is 3. The Labute approximate surface area is 359 Å². The highest BCUT2D eigenvalue weighted by molar-refractivity contribution is 5.84. The molecule has 6 bridgehead atoms. The molecule has 4 fully saturated rings. The Morgan fingerprint density at radius 3 is 2.00 bits per heavy atom. The van der Waals surface area contributed by atoms with Crippen LogP contribution < -0.4 is 0 Å². The van der Waals surface area contributed by atoms with Crippen molar-refractivity contribution in [3.63, 3.8) is 0 Å². The fourth-order valence-corrected chi connectivity index (χ4v) is 9.20. The molecule has 4 saturated heterocycles. The molecule has 0 amide bonds. The number of fused-ring (bicyclic) bond motifs is 6. The zero-order chi connectivity index (χ0) is 44.4. The second kappa shape index (κ2) is 22.6. The first kappa shape index (κ1) is 49.1. The van der Waals surface area contributed by atoms with Crippen molar-refractivity contribution in [2.24, 2.45) is 11.8 Å². The summed E-state index contributed by atoms with van der Waals surface area (Å²) in [6, 6.07) is 0. The van der Waals surface area contributed by atoms with E-state index in [0.717, 1.165) is 0 Å². The minimum Gasteiger partial charge on any atom is -0.458 e. The lowest BCUT2D eigenvalue weighted by Crippen LogP contribution is -2.61. The van der Waals surface area contributed by atoms with Gasteiger partial charge in [-0.15, -0.1) is 0 Å². The molecule has 0 aromatic rings. The van der Waals surface area contributed by atoms with Crippen molar-refractivity contribution in [2.45, 2.75) is 216 Å². The van der Waals surface area contributed by atoms with E-state index in [2.05, 4.69) is 13.0 Å². The predicted molar refractivity (Wildman–Crippen MR) is 217 cm³/mol. The highest BCUT2D eigenvalue weighted by atomic mass is 16.7. The van der Waals surface area contributed by atoms with E-state index < -0.39 is 109 Å². The van der Waals surface area contributed by atoms with Crippen molar-refractivity contribution in [1.82, 2.24) is 0 Å². The predicted octanol–water partition coefficient (Wildman–Crippen LogP) is 4.31. The molecule has 5 heterocycles. The van der Waals surface area contributed by atoms with Gasteiger partial charge in [0.05, 0.1) is 42.7 Å². The van der Waals surface area contributed by atoms with Gasteiger partial charge < -0.3 is 58.0 Å². The number of esters is 4. The van der Waals surface area contributed by atoms with Crippen LogP contribution in [0.2, 0.25) is 0 Å². The van der Waals surface area contributed by atoms with E-state index in [0.29, 0.717) is 44.9 Å². The molecule has 3 N–H and O–H groups in total. The van der Waals surface area contributed by atoms with Gasteiger partial charge in [0.25, 0.3) is 0 Å². The van der Waals surface area contributed by atoms with Crippen LogP contribution in [0.25, 0.3) is 0 Å². The Balaban J connectivity index is 1.46. The zero-order valence-electron chi connectivity index (χ0n) is 36.9. The molecule has 0 aromatic heterocycles. The molecule has 5 rings (SSSR count). The Morgan fingerprint density at radius 1 is 0.738 bits per heavy atom. The van der Waals surface area contributed by atoms with Gasteiger partial charge in [0, 0.05) is 52.1 Å². The molecule has 5 aliphatic rings. The second-order valence-electron chi connectivity index (χ2n) is 17.6. The zero-order valence-corrected chi connectivity index (χ0v) is 36.9. The van der Waals surface area contributed by atoms with E-state index in [4.69, 9.17) is 42.6 Å². The van der Waals surface area contributed by atoms with Crippen LogP contribution >= 0.6 is 0 Å². The van der Waals surface area contributed by atoms with Gasteiger partial charge in [-0.1, -0.05) is 58.9 Å². The number of carbonyl (C=O) groups excluding carboxylic acids is 4. The van der Waals surface area contributed by atoms with E-state index in [1.165, 1.54) is 7.11 Å². The molecule has 16 nitrogen and oxygen atoms in total. The Bertz CT molecular complexity index is 1520. The molecule has 0 radical (unpaired) electrons. The molecule has 0 saturated carbocycles. The van der Waals surface area contributed by atoms with Crippen LogP contribution in [0.4, 0.5) is 0 Å². The van der Waals surface area contributed by atoms with Gasteiger partial charge in [-0.2, -0.15) is 0 Å². The maximum atomic E-state index is 13.7. The number of aliphatic hydroxyl groups excluding tert-OH is 2. The van der Waals surface area contributed by atoms with E-state index >= 15 is 0 Å². The van der Waals surface area contributed by atoms with Crippen molar-refractivity contribution >= 4 is 23.9 Å². The molecular weight excluding hydrogens is 796 g/mol. The summed E-state index contributed by atoms with van der Waals surface area (Å²) in [7, 11) is 1.43. The number of rotatable bonds is 12. The molecule has 0 aromatic carbocycles. The van der Waals surface area contributed by atoms with Crippen LogP contribution in [-0.4, -0.2) is 138 Å². The van der Waals surface area contributed by atoms with Crippen LogP contribution in [0.1, 0.15) is 125 Å². The first-order valence-corrected chi connectivity index (χ1v) is 22.5. The third-order valence-corrected chi connectivity index (χ3v) is 12.5. The van der Waals surface area contributed by atoms with Crippen molar-refractivity contribution < 1.29 is 77.1 Å². The normalized spacial score (nSPS) is 40.8. The number of allylic oxidation sites excluding steroid dienone is 3. The van der Waals surface area contributed by atoms with Gasteiger partial charge in [-0.3, -0.25) is 14.4 Å². The quantitative estimate of drug-likeness (QED) is 0.184. The van der Waals surface area contributed by atoms with E-state index in [1.807, 2.05) is 39.0 Å². The lowest BCUT2D eigenvalue weighted by Gasteiger charge is -2.46. The number of aliphatic hydroxyl groups is 3. The Kier molecular flexibility index (Phi) is 18.2. The number of methoxy groups -OCH3 is 1. The summed E-state index contributed by atoms with van der Waals surface area (Å²) >= 11 is 0. The average molecular weight is 867 g/mol. The fourth-order valence-electron chi connectivity index (χ4n) is 9.20. The van der Waals surface area contributed by atoms with Crippen LogP contribution in [0.5, 0.6) is 0 Å². The minimum absolute atomic E-state index is 0.00915. The van der Waals surface area contributed by atoms with Crippen molar-refractivity contribution in [3.8, 4) is 0 Å². The van der Waals surface area contributed by atoms with Gasteiger partial charge in [-0.25, -0.2) is 4.79 Å². The molecule has 61 heavy (non-hydrogen) atoms. The van der Waals surface area contributed by atoms with E-state index in [1.54, 1.807) is 13.8 Å². The Morgan fingerprint density at radius 2 is 1.36 bits per heavy atom. The van der Waals surface area contributed by atoms with Crippen LogP contribution in [0.15, 0.2) is 24.3 Å². The first-order valence-electron chi connectivity index (χ1n) is 22.5. The van der Waals surface area contributed by atoms with Crippen LogP contribution in [0.3, 0.4) is 0 Å². The van der Waals surface area contributed by atoms with E-state index in [-0.39, 0.29) is 56.5 Å². The summed E-state index contributed by atoms with van der Waals surface area (Å²) in [5.74, 6) is -2.65. The summed E-state index contributed by atoms with van der Waals surface area (Å²) in [4.78, 5) is 52.4. The van der Waals surface area contributed by atoms with Crippen molar-refractivity contribution in [3.05, 3.63) is 24.3 Å². The van der Waals surface area contributed by atoms with Gasteiger partial charge in [0.1, 0.15) is 24.4 Å². The molecular formula is C45H70O16. The maximum Gasteiger partial charge on any atom is 0.345 e. The van der Waals surface area contributed by atoms with Gasteiger partial charge >= 0.3 is 23.9 Å². The van der Waals surface area contributed by atoms with E-state index in [9.17, 15) is 34.5 Å². The summed E-state index contributed by atoms with van der Waals surface area (Å²) in [6.45, 7) is 11.3. The fraction of sp³-hybridized carbons (Fsp3) is 0.822. The third-order valence-electron chi connectivity index (χ3n) is 12.5. The summed E-state index contributed by atoms with van der Waals surface area (Å²) < 4.78 is 54.9. The molecule has 0 aliphatic carbocycles. The van der Waals surface area contributed by atoms with Gasteiger partial charge in [-0.05, 0) is 57.3 Å². The second-order valence-corrected chi connectivity index (χ2v) is 17.6. The molecule has 16 heteroatoms. The summed E-state index contributed by atoms with van der Waals surface area (Å²) in [5.41, 5.74) is -2.68. The van der Waals surface area contributed by atoms with Gasteiger partial charge in [0.15, 0.2) is 18.5 Å². The average Bonchev–Trinajstić information content (AvgIpc) is 3.67. The third kappa shape index (κ3) is 12.4. The molecule has 0 spiro atoms. The van der Waals surface area contributed by atoms with Crippen LogP contribution in [-0.2, 0) is 61.8 Å². The Hall–Kier alpha value is -2.96. The maximum absolute atomic E-state index is 13.7. The highest BCUT2D eigenvalue weighted by Crippen LogP contribution is 2.40. The number of carbonyl (C=O) groups is 4. The molecule has 17 atom stereocenters. The lowest BCUT2D eigenvalue weighted by molar-refractivity contribution is -0.319. The van der Waals surface area contributed by atoms with Gasteiger partial charge in [0.2, 0.25) is 5.60 Å². The minimum atomic E-state index is -2.68. The standard InChI is InChI=1S/C45H70O16/c1-8-14-36(47)59-35-23-30-22-29(56-43-41(53-7)40(61-38(49)16-10-3)39(27(6)54-43)60-37(48)15-9-2)21-28(55-30)19-25(4)17-12-11-13-18-32-26(5)20-33(57-32)31(46)24-34-42(50)45(35,52)44(51)58-34/h11-13,17,25-35,39-43,46,50,52H,8-10,14-16,18-24H2,1-7H3. The monoisotopic (exact) mass is 866 g/mol. The molecule has 5 aliphatic heterocycles. The number of hydrogen-bond acceptors (Lipinski definition) is 16. The van der Waals surface area contributed by atoms with Crippen molar-refractivity contribution in [2.75, 3.05) is 7.11 Å². The smallest absolute Gasteiger partial charge is 0.345 e. The van der Waals surface area contributed by atoms with Crippen molar-refractivity contribution in [1.29, 1.82) is 0 Å². The summed E-state index contributed by atoms with van der Waals surface area (Å²) in [6.07, 6.45) is -1.58. The SMILES string of the molecule is CCCC(=O)OC1C(C)OC(OC2CC3CC(C)C=CC=CCC4OC(CC4C)C(O)CC4OC(=O)C(O)(C(OC(=O)CCC)CC(C2)O3)C4O)C(OC)C1OC(=O)CCC. The topological polar surface area (TPSA) is 212 Å². The summed E-state index contributed by atoms with van der Waals surface area (Å²) in [5, 5.41) is 35.1. The molecule has 17 unspecified atom stereocenters.